The van der Waals surface area contributed by atoms with Crippen molar-refractivity contribution in [2.75, 3.05) is 19.4 Å². The minimum atomic E-state index is -3.86. The second-order valence-corrected chi connectivity index (χ2v) is 12.2. The van der Waals surface area contributed by atoms with Crippen LogP contribution in [-0.4, -0.2) is 51.9 Å². The quantitative estimate of drug-likeness (QED) is 0.310. The summed E-state index contributed by atoms with van der Waals surface area (Å²) in [6.07, 6.45) is -3.49. The highest BCUT2D eigenvalue weighted by atomic mass is 31.2. The van der Waals surface area contributed by atoms with Gasteiger partial charge in [0.25, 0.3) is 5.56 Å². The first-order chi connectivity index (χ1) is 19.0. The van der Waals surface area contributed by atoms with Gasteiger partial charge in [-0.25, -0.2) is 13.8 Å². The molecule has 1 aliphatic heterocycles. The summed E-state index contributed by atoms with van der Waals surface area (Å²) in [5.41, 5.74) is -1.82. The smallest absolute Gasteiger partial charge is 0.379 e. The van der Waals surface area contributed by atoms with E-state index < -0.39 is 49.6 Å². The van der Waals surface area contributed by atoms with E-state index in [1.165, 1.54) is 0 Å². The van der Waals surface area contributed by atoms with E-state index in [4.69, 9.17) is 18.5 Å². The van der Waals surface area contributed by atoms with E-state index >= 15 is 4.39 Å². The van der Waals surface area contributed by atoms with E-state index in [2.05, 4.69) is 0 Å². The third-order valence-corrected chi connectivity index (χ3v) is 8.80. The van der Waals surface area contributed by atoms with Gasteiger partial charge in [-0.15, -0.1) is 0 Å². The number of benzene rings is 2. The number of hydrogen-bond donors (Lipinski definition) is 2. The molecule has 12 heteroatoms. The van der Waals surface area contributed by atoms with Crippen molar-refractivity contribution in [3.63, 3.8) is 0 Å². The summed E-state index contributed by atoms with van der Waals surface area (Å²) in [7, 11) is -3.86. The minimum absolute atomic E-state index is 0.0197. The van der Waals surface area contributed by atoms with Crippen molar-refractivity contribution in [1.82, 2.24) is 9.55 Å². The van der Waals surface area contributed by atoms with Gasteiger partial charge in [0, 0.05) is 12.3 Å². The number of halogens is 1. The lowest BCUT2D eigenvalue weighted by Gasteiger charge is -2.25. The molecule has 1 fully saturated rings. The molecule has 0 amide bonds. The molecule has 1 aliphatic rings. The Bertz CT molecular complexity index is 1440. The highest BCUT2D eigenvalue weighted by Crippen LogP contribution is 2.51. The van der Waals surface area contributed by atoms with Crippen LogP contribution < -0.4 is 15.8 Å². The topological polar surface area (TPSA) is 129 Å². The van der Waals surface area contributed by atoms with Crippen molar-refractivity contribution in [3.8, 4) is 5.75 Å². The van der Waals surface area contributed by atoms with Crippen molar-refractivity contribution in [1.29, 1.82) is 0 Å². The molecule has 4 rings (SSSR count). The first-order valence-electron chi connectivity index (χ1n) is 12.9. The summed E-state index contributed by atoms with van der Waals surface area (Å²) in [5, 5.41) is 10.7. The average Bonchev–Trinajstić information content (AvgIpc) is 3.12. The number of ether oxygens (including phenoxy) is 2. The van der Waals surface area contributed by atoms with Gasteiger partial charge >= 0.3 is 13.3 Å². The van der Waals surface area contributed by atoms with Gasteiger partial charge in [-0.1, -0.05) is 49.4 Å². The van der Waals surface area contributed by atoms with E-state index in [1.54, 1.807) is 30.3 Å². The number of H-pyrrole nitrogens is 1. The number of aromatic nitrogens is 2. The maximum atomic E-state index is 15.6. The number of aryl methyl sites for hydroxylation is 1. The number of alkyl halides is 1. The van der Waals surface area contributed by atoms with Gasteiger partial charge in [-0.05, 0) is 43.0 Å². The molecule has 2 heterocycles. The third kappa shape index (κ3) is 7.16. The van der Waals surface area contributed by atoms with Crippen molar-refractivity contribution in [3.05, 3.63) is 98.8 Å². The van der Waals surface area contributed by atoms with Crippen LogP contribution in [0.15, 0.2) is 76.4 Å². The maximum absolute atomic E-state index is 15.6. The molecule has 0 aliphatic carbocycles. The maximum Gasteiger partial charge on any atom is 0.379 e. The standard InChI is InChI=1S/C28H34FN2O8P/c1-19(15-36-16-21-10-8-7-9-20(21)2)18-40(35,39-22-11-5-4-6-12-22)37-17-23-25(33)28(3,29)26(38-23)31-14-13-24(32)30-27(31)34/h4-14,19,23,25-26,33H,15-18H2,1-3H3,(H,30,32,34)/t19-,23+,25-,26+,28-,40?/m0/s1. The Kier molecular flexibility index (Phi) is 9.43. The minimum Gasteiger partial charge on any atom is -0.424 e. The van der Waals surface area contributed by atoms with Crippen LogP contribution in [-0.2, 0) is 25.2 Å². The van der Waals surface area contributed by atoms with Gasteiger partial charge in [0.1, 0.15) is 18.0 Å². The molecule has 6 atom stereocenters. The summed E-state index contributed by atoms with van der Waals surface area (Å²) in [4.78, 5) is 25.7. The molecule has 0 bridgehead atoms. The largest absolute Gasteiger partial charge is 0.424 e. The van der Waals surface area contributed by atoms with Gasteiger partial charge in [0.15, 0.2) is 11.9 Å². The Morgan fingerprint density at radius 1 is 1.15 bits per heavy atom. The Hall–Kier alpha value is -3.08. The molecule has 0 spiro atoms. The van der Waals surface area contributed by atoms with E-state index in [1.807, 2.05) is 43.1 Å². The molecule has 1 saturated heterocycles. The van der Waals surface area contributed by atoms with Crippen LogP contribution in [0.2, 0.25) is 0 Å². The third-order valence-electron chi connectivity index (χ3n) is 6.70. The second kappa shape index (κ2) is 12.6. The number of nitrogens with one attached hydrogen (secondary N) is 1. The predicted octanol–water partition coefficient (Wildman–Crippen LogP) is 3.97. The molecule has 1 aromatic heterocycles. The van der Waals surface area contributed by atoms with Gasteiger partial charge in [-0.2, -0.15) is 0 Å². The first kappa shape index (κ1) is 29.9. The zero-order chi connectivity index (χ0) is 28.9. The average molecular weight is 577 g/mol. The SMILES string of the molecule is Cc1ccccc1COC[C@H](C)CP(=O)(OC[C@H]1O[C@@H](n2ccc(=O)[nH]c2=O)[C@@](C)(F)[C@H]1O)Oc1ccccc1. The summed E-state index contributed by atoms with van der Waals surface area (Å²) in [6.45, 7) is 5.12. The Labute approximate surface area is 231 Å². The van der Waals surface area contributed by atoms with E-state index in [0.29, 0.717) is 12.4 Å². The van der Waals surface area contributed by atoms with Crippen LogP contribution in [0.3, 0.4) is 0 Å². The fourth-order valence-corrected chi connectivity index (χ4v) is 6.40. The van der Waals surface area contributed by atoms with Gasteiger partial charge < -0.3 is 19.1 Å². The van der Waals surface area contributed by atoms with E-state index in [-0.39, 0.29) is 18.7 Å². The number of aliphatic hydroxyl groups is 1. The van der Waals surface area contributed by atoms with E-state index in [9.17, 15) is 19.3 Å². The molecule has 2 N–H and O–H groups in total. The lowest BCUT2D eigenvalue weighted by Crippen LogP contribution is -2.43. The number of aliphatic hydroxyl groups excluding tert-OH is 1. The van der Waals surface area contributed by atoms with Gasteiger partial charge in [-0.3, -0.25) is 18.9 Å². The zero-order valence-corrected chi connectivity index (χ0v) is 23.5. The number of para-hydroxylation sites is 1. The van der Waals surface area contributed by atoms with Crippen LogP contribution in [0.25, 0.3) is 0 Å². The molecule has 3 aromatic rings. The lowest BCUT2D eigenvalue weighted by atomic mass is 9.98. The number of rotatable bonds is 12. The van der Waals surface area contributed by atoms with Crippen LogP contribution in [0.4, 0.5) is 4.39 Å². The highest BCUT2D eigenvalue weighted by molar-refractivity contribution is 7.54. The van der Waals surface area contributed by atoms with Crippen molar-refractivity contribution >= 4 is 7.60 Å². The second-order valence-electron chi connectivity index (χ2n) is 10.2. The molecule has 10 nitrogen and oxygen atoms in total. The fourth-order valence-electron chi connectivity index (χ4n) is 4.48. The first-order valence-corrected chi connectivity index (χ1v) is 14.7. The number of hydrogen-bond acceptors (Lipinski definition) is 8. The lowest BCUT2D eigenvalue weighted by molar-refractivity contribution is -0.0592. The highest BCUT2D eigenvalue weighted by Gasteiger charge is 2.55. The molecule has 2 aromatic carbocycles. The van der Waals surface area contributed by atoms with Crippen LogP contribution in [0.1, 0.15) is 31.2 Å². The molecule has 1 unspecified atom stereocenters. The molecule has 216 valence electrons. The van der Waals surface area contributed by atoms with Crippen LogP contribution >= 0.6 is 7.60 Å². The Balaban J connectivity index is 1.44. The molecule has 0 radical (unpaired) electrons. The van der Waals surface area contributed by atoms with Gasteiger partial charge in [0.05, 0.1) is 26.0 Å². The van der Waals surface area contributed by atoms with Crippen LogP contribution in [0.5, 0.6) is 5.75 Å². The Morgan fingerprint density at radius 3 is 2.55 bits per heavy atom. The predicted molar refractivity (Wildman–Crippen MR) is 146 cm³/mol. The molecule has 0 saturated carbocycles. The van der Waals surface area contributed by atoms with Crippen molar-refractivity contribution < 1.29 is 32.6 Å². The Morgan fingerprint density at radius 2 is 1.85 bits per heavy atom. The van der Waals surface area contributed by atoms with Gasteiger partial charge in [0.2, 0.25) is 0 Å². The summed E-state index contributed by atoms with van der Waals surface area (Å²) >= 11 is 0. The molecular weight excluding hydrogens is 542 g/mol. The summed E-state index contributed by atoms with van der Waals surface area (Å²) in [5.74, 6) is 0.0756. The van der Waals surface area contributed by atoms with Crippen LogP contribution in [0, 0.1) is 12.8 Å². The number of aromatic amines is 1. The summed E-state index contributed by atoms with van der Waals surface area (Å²) in [6, 6.07) is 17.4. The summed E-state index contributed by atoms with van der Waals surface area (Å²) < 4.78 is 53.4. The fraction of sp³-hybridized carbons (Fsp3) is 0.429. The van der Waals surface area contributed by atoms with Crippen molar-refractivity contribution in [2.24, 2.45) is 5.92 Å². The number of nitrogens with zero attached hydrogens (tertiary/aromatic N) is 1. The molecular formula is C28H34FN2O8P. The van der Waals surface area contributed by atoms with Crippen molar-refractivity contribution in [2.45, 2.75) is 51.5 Å². The van der Waals surface area contributed by atoms with E-state index in [0.717, 1.165) is 34.9 Å². The zero-order valence-electron chi connectivity index (χ0n) is 22.6. The normalized spacial score (nSPS) is 24.9. The monoisotopic (exact) mass is 576 g/mol. The molecule has 40 heavy (non-hydrogen) atoms.